The molecule has 3 rings (SSSR count). The first kappa shape index (κ1) is 12.5. The minimum absolute atomic E-state index is 0.642. The number of benzene rings is 1. The predicted octanol–water partition coefficient (Wildman–Crippen LogP) is 2.59. The molecule has 2 fully saturated rings. The molecule has 0 aromatic heterocycles. The van der Waals surface area contributed by atoms with Crippen LogP contribution in [0.5, 0.6) is 0 Å². The summed E-state index contributed by atoms with van der Waals surface area (Å²) >= 11 is 0. The molecule has 2 heterocycles. The summed E-state index contributed by atoms with van der Waals surface area (Å²) in [6, 6.07) is 10.3. The van der Waals surface area contributed by atoms with Crippen LogP contribution in [0.15, 0.2) is 18.2 Å². The number of piperidine rings is 1. The molecule has 2 aliphatic heterocycles. The first-order valence-electron chi connectivity index (χ1n) is 7.19. The molecule has 3 nitrogen and oxygen atoms in total. The molecule has 2 saturated heterocycles. The lowest BCUT2D eigenvalue weighted by Gasteiger charge is -2.41. The number of fused-ring (bicyclic) bond motifs is 2. The maximum atomic E-state index is 9.10. The number of nitrogens with one attached hydrogen (secondary N) is 1. The van der Waals surface area contributed by atoms with E-state index in [9.17, 15) is 0 Å². The fourth-order valence-corrected chi connectivity index (χ4v) is 3.76. The van der Waals surface area contributed by atoms with Crippen molar-refractivity contribution in [2.75, 3.05) is 11.9 Å². The zero-order valence-electron chi connectivity index (χ0n) is 11.7. The quantitative estimate of drug-likeness (QED) is 0.883. The molecule has 1 aromatic rings. The van der Waals surface area contributed by atoms with Crippen LogP contribution in [-0.4, -0.2) is 25.2 Å². The average molecular weight is 255 g/mol. The molecular weight excluding hydrogens is 234 g/mol. The van der Waals surface area contributed by atoms with E-state index in [1.165, 1.54) is 36.9 Å². The smallest absolute Gasteiger partial charge is 0.0992 e. The molecule has 0 radical (unpaired) electrons. The normalized spacial score (nSPS) is 29.3. The van der Waals surface area contributed by atoms with E-state index in [1.54, 1.807) is 0 Å². The van der Waals surface area contributed by atoms with Crippen LogP contribution in [0.4, 0.5) is 5.69 Å². The van der Waals surface area contributed by atoms with Gasteiger partial charge in [0.15, 0.2) is 0 Å². The lowest BCUT2D eigenvalue weighted by molar-refractivity contribution is 0.373. The number of nitriles is 1. The van der Waals surface area contributed by atoms with Crippen molar-refractivity contribution in [1.29, 1.82) is 5.26 Å². The fraction of sp³-hybridized carbons (Fsp3) is 0.562. The number of hydrogen-bond donors (Lipinski definition) is 1. The van der Waals surface area contributed by atoms with E-state index in [-0.39, 0.29) is 0 Å². The molecule has 0 saturated carbocycles. The molecule has 3 heteroatoms. The van der Waals surface area contributed by atoms with Crippen molar-refractivity contribution in [3.05, 3.63) is 29.3 Å². The summed E-state index contributed by atoms with van der Waals surface area (Å²) in [5.74, 6) is 0. The highest BCUT2D eigenvalue weighted by atomic mass is 15.2. The van der Waals surface area contributed by atoms with Crippen molar-refractivity contribution in [3.8, 4) is 6.07 Å². The second-order valence-corrected chi connectivity index (χ2v) is 5.86. The Morgan fingerprint density at radius 3 is 2.53 bits per heavy atom. The Morgan fingerprint density at radius 1 is 1.26 bits per heavy atom. The third-order valence-electron chi connectivity index (χ3n) is 4.76. The first-order chi connectivity index (χ1) is 9.22. The van der Waals surface area contributed by atoms with Crippen molar-refractivity contribution in [2.24, 2.45) is 0 Å². The van der Waals surface area contributed by atoms with Gasteiger partial charge in [-0.25, -0.2) is 0 Å². The van der Waals surface area contributed by atoms with Gasteiger partial charge < -0.3 is 10.2 Å². The summed E-state index contributed by atoms with van der Waals surface area (Å²) in [7, 11) is 2.07. The van der Waals surface area contributed by atoms with Gasteiger partial charge in [0.1, 0.15) is 0 Å². The lowest BCUT2D eigenvalue weighted by Crippen LogP contribution is -2.48. The highest BCUT2D eigenvalue weighted by Gasteiger charge is 2.40. The Balaban J connectivity index is 1.94. The average Bonchev–Trinajstić information content (AvgIpc) is 2.69. The van der Waals surface area contributed by atoms with E-state index in [1.807, 2.05) is 6.07 Å². The zero-order chi connectivity index (χ0) is 13.4. The maximum absolute atomic E-state index is 9.10. The van der Waals surface area contributed by atoms with Crippen molar-refractivity contribution >= 4 is 5.69 Å². The van der Waals surface area contributed by atoms with Crippen LogP contribution in [-0.2, 0) is 0 Å². The van der Waals surface area contributed by atoms with Crippen LogP contribution < -0.4 is 10.2 Å². The van der Waals surface area contributed by atoms with E-state index in [0.29, 0.717) is 18.1 Å². The van der Waals surface area contributed by atoms with Gasteiger partial charge in [0, 0.05) is 23.8 Å². The Labute approximate surface area is 115 Å². The van der Waals surface area contributed by atoms with Crippen LogP contribution in [0, 0.1) is 18.3 Å². The molecule has 1 N–H and O–H groups in total. The predicted molar refractivity (Wildman–Crippen MR) is 77.3 cm³/mol. The Kier molecular flexibility index (Phi) is 3.20. The Bertz CT molecular complexity index is 503. The van der Waals surface area contributed by atoms with Gasteiger partial charge >= 0.3 is 0 Å². The van der Waals surface area contributed by atoms with Gasteiger partial charge in [-0.1, -0.05) is 6.07 Å². The van der Waals surface area contributed by atoms with E-state index in [0.717, 1.165) is 5.56 Å². The maximum Gasteiger partial charge on any atom is 0.0992 e. The number of anilines is 1. The second kappa shape index (κ2) is 4.86. The van der Waals surface area contributed by atoms with Crippen LogP contribution in [0.3, 0.4) is 0 Å². The molecule has 1 aromatic carbocycles. The van der Waals surface area contributed by atoms with Gasteiger partial charge in [0.25, 0.3) is 0 Å². The zero-order valence-corrected chi connectivity index (χ0v) is 11.7. The third kappa shape index (κ3) is 2.11. The molecule has 2 bridgehead atoms. The molecular formula is C16H21N3. The van der Waals surface area contributed by atoms with Crippen molar-refractivity contribution in [3.63, 3.8) is 0 Å². The summed E-state index contributed by atoms with van der Waals surface area (Å²) in [6.45, 7) is 2.15. The number of aryl methyl sites for hydroxylation is 1. The summed E-state index contributed by atoms with van der Waals surface area (Å²) in [4.78, 5) is 2.59. The summed E-state index contributed by atoms with van der Waals surface area (Å²) in [5.41, 5.74) is 3.34. The van der Waals surface area contributed by atoms with E-state index >= 15 is 0 Å². The summed E-state index contributed by atoms with van der Waals surface area (Å²) in [6.07, 6.45) is 5.03. The minimum atomic E-state index is 0.642. The topological polar surface area (TPSA) is 39.1 Å². The van der Waals surface area contributed by atoms with E-state index in [2.05, 4.69) is 42.4 Å². The van der Waals surface area contributed by atoms with Crippen LogP contribution in [0.2, 0.25) is 0 Å². The van der Waals surface area contributed by atoms with Crippen LogP contribution >= 0.6 is 0 Å². The molecule has 100 valence electrons. The minimum Gasteiger partial charge on any atom is -0.365 e. The van der Waals surface area contributed by atoms with Crippen molar-refractivity contribution in [1.82, 2.24) is 5.32 Å². The van der Waals surface area contributed by atoms with E-state index < -0.39 is 0 Å². The Morgan fingerprint density at radius 2 is 1.95 bits per heavy atom. The summed E-state index contributed by atoms with van der Waals surface area (Å²) < 4.78 is 0. The molecule has 0 spiro atoms. The largest absolute Gasteiger partial charge is 0.365 e. The van der Waals surface area contributed by atoms with Gasteiger partial charge in [-0.3, -0.25) is 0 Å². The highest BCUT2D eigenvalue weighted by Crippen LogP contribution is 2.40. The number of nitrogens with zero attached hydrogens (tertiary/aromatic N) is 2. The molecule has 0 amide bonds. The van der Waals surface area contributed by atoms with Gasteiger partial charge in [0.05, 0.1) is 11.6 Å². The highest BCUT2D eigenvalue weighted by molar-refractivity contribution is 5.59. The molecule has 19 heavy (non-hydrogen) atoms. The van der Waals surface area contributed by atoms with Gasteiger partial charge in [-0.05, 0) is 57.4 Å². The molecule has 2 aliphatic rings. The number of hydrogen-bond acceptors (Lipinski definition) is 3. The fourth-order valence-electron chi connectivity index (χ4n) is 3.76. The summed E-state index contributed by atoms with van der Waals surface area (Å²) in [5, 5.41) is 12.5. The monoisotopic (exact) mass is 255 g/mol. The lowest BCUT2D eigenvalue weighted by atomic mass is 9.95. The molecule has 0 aliphatic carbocycles. The second-order valence-electron chi connectivity index (χ2n) is 5.86. The molecule has 2 unspecified atom stereocenters. The van der Waals surface area contributed by atoms with Gasteiger partial charge in [-0.15, -0.1) is 0 Å². The van der Waals surface area contributed by atoms with Crippen LogP contribution in [0.25, 0.3) is 0 Å². The van der Waals surface area contributed by atoms with E-state index in [4.69, 9.17) is 5.26 Å². The Hall–Kier alpha value is -1.53. The molecule has 2 atom stereocenters. The van der Waals surface area contributed by atoms with Gasteiger partial charge in [0.2, 0.25) is 0 Å². The SMILES string of the molecule is CNC1CC2CCC(C1)N2c1cc(C#N)ccc1C. The van der Waals surface area contributed by atoms with Crippen LogP contribution in [0.1, 0.15) is 36.8 Å². The first-order valence-corrected chi connectivity index (χ1v) is 7.19. The standard InChI is InChI=1S/C16H21N3/c1-11-3-4-12(10-17)7-16(11)19-14-5-6-15(19)9-13(8-14)18-2/h3-4,7,13-15,18H,5-6,8-9H2,1-2H3. The number of rotatable bonds is 2. The van der Waals surface area contributed by atoms with Gasteiger partial charge in [-0.2, -0.15) is 5.26 Å². The van der Waals surface area contributed by atoms with Crippen molar-refractivity contribution < 1.29 is 0 Å². The van der Waals surface area contributed by atoms with Crippen molar-refractivity contribution in [2.45, 2.75) is 50.7 Å². The third-order valence-corrected chi connectivity index (χ3v) is 4.76.